The summed E-state index contributed by atoms with van der Waals surface area (Å²) < 4.78 is 28.2. The Balaban J connectivity index is 1.69. The van der Waals surface area contributed by atoms with Crippen LogP contribution in [-0.2, 0) is 6.54 Å². The quantitative estimate of drug-likeness (QED) is 0.654. The van der Waals surface area contributed by atoms with Crippen LogP contribution in [0.5, 0.6) is 5.75 Å². The zero-order valence-corrected chi connectivity index (χ0v) is 11.0. The molecular formula is C12H10F2N6O2. The van der Waals surface area contributed by atoms with Crippen LogP contribution in [0.4, 0.5) is 14.7 Å². The molecule has 0 aliphatic carbocycles. The van der Waals surface area contributed by atoms with Gasteiger partial charge in [-0.1, -0.05) is 0 Å². The first-order valence-corrected chi connectivity index (χ1v) is 6.19. The van der Waals surface area contributed by atoms with E-state index >= 15 is 0 Å². The molecule has 0 spiro atoms. The molecule has 10 heteroatoms. The van der Waals surface area contributed by atoms with E-state index in [1.54, 1.807) is 0 Å². The van der Waals surface area contributed by atoms with Crippen molar-refractivity contribution in [2.45, 2.75) is 13.2 Å². The van der Waals surface area contributed by atoms with Crippen molar-refractivity contribution in [2.75, 3.05) is 5.32 Å². The summed E-state index contributed by atoms with van der Waals surface area (Å²) in [5.74, 6) is 0.223. The predicted molar refractivity (Wildman–Crippen MR) is 72.7 cm³/mol. The number of nitrogens with one attached hydrogen (secondary N) is 3. The van der Waals surface area contributed by atoms with Gasteiger partial charge in [0.1, 0.15) is 11.1 Å². The van der Waals surface area contributed by atoms with Crippen molar-refractivity contribution >= 4 is 17.0 Å². The second-order valence-electron chi connectivity index (χ2n) is 4.26. The van der Waals surface area contributed by atoms with E-state index in [1.165, 1.54) is 24.5 Å². The summed E-state index contributed by atoms with van der Waals surface area (Å²) >= 11 is 0. The minimum absolute atomic E-state index is 0.0239. The third-order valence-electron chi connectivity index (χ3n) is 2.78. The Kier molecular flexibility index (Phi) is 3.64. The predicted octanol–water partition coefficient (Wildman–Crippen LogP) is 1.25. The Morgan fingerprint density at radius 2 is 2.18 bits per heavy atom. The van der Waals surface area contributed by atoms with Crippen molar-refractivity contribution in [3.05, 3.63) is 40.6 Å². The molecule has 0 atom stereocenters. The molecule has 0 fully saturated rings. The number of hydrogen-bond donors (Lipinski definition) is 3. The minimum atomic E-state index is -2.89. The Hall–Kier alpha value is -3.04. The highest BCUT2D eigenvalue weighted by Crippen LogP contribution is 2.13. The molecule has 0 aliphatic rings. The fraction of sp³-hybridized carbons (Fsp3) is 0.167. The molecule has 0 unspecified atom stereocenters. The molecule has 0 radical (unpaired) electrons. The molecule has 3 N–H and O–H groups in total. The van der Waals surface area contributed by atoms with Crippen LogP contribution in [0.15, 0.2) is 29.3 Å². The molecule has 0 amide bonds. The molecule has 3 aromatic heterocycles. The van der Waals surface area contributed by atoms with E-state index in [4.69, 9.17) is 0 Å². The topological polar surface area (TPSA) is 109 Å². The molecule has 0 saturated carbocycles. The van der Waals surface area contributed by atoms with Gasteiger partial charge in [-0.2, -0.15) is 18.9 Å². The summed E-state index contributed by atoms with van der Waals surface area (Å²) in [6.45, 7) is -2.64. The van der Waals surface area contributed by atoms with Crippen molar-refractivity contribution in [1.82, 2.24) is 25.1 Å². The molecular weight excluding hydrogens is 298 g/mol. The first-order chi connectivity index (χ1) is 10.6. The molecule has 3 aromatic rings. The van der Waals surface area contributed by atoms with Gasteiger partial charge in [-0.15, -0.1) is 0 Å². The second-order valence-corrected chi connectivity index (χ2v) is 4.26. The Bertz CT molecular complexity index is 829. The van der Waals surface area contributed by atoms with Gasteiger partial charge in [0, 0.05) is 0 Å². The molecule has 0 aliphatic heterocycles. The number of fused-ring (bicyclic) bond motifs is 1. The third kappa shape index (κ3) is 3.00. The summed E-state index contributed by atoms with van der Waals surface area (Å²) in [4.78, 5) is 22.4. The van der Waals surface area contributed by atoms with Crippen LogP contribution in [0.3, 0.4) is 0 Å². The molecule has 8 nitrogen and oxygen atoms in total. The van der Waals surface area contributed by atoms with Gasteiger partial charge in [0.15, 0.2) is 5.65 Å². The molecule has 3 heterocycles. The smallest absolute Gasteiger partial charge is 0.387 e. The van der Waals surface area contributed by atoms with Crippen molar-refractivity contribution in [1.29, 1.82) is 0 Å². The van der Waals surface area contributed by atoms with E-state index in [0.29, 0.717) is 16.7 Å². The van der Waals surface area contributed by atoms with E-state index in [0.717, 1.165) is 0 Å². The summed E-state index contributed by atoms with van der Waals surface area (Å²) in [6.07, 6.45) is 2.58. The average Bonchev–Trinajstić information content (AvgIpc) is 2.95. The van der Waals surface area contributed by atoms with Crippen LogP contribution in [0.2, 0.25) is 0 Å². The Morgan fingerprint density at radius 1 is 1.32 bits per heavy atom. The zero-order chi connectivity index (χ0) is 15.5. The number of aromatic nitrogens is 5. The third-order valence-corrected chi connectivity index (χ3v) is 2.78. The van der Waals surface area contributed by atoms with Gasteiger partial charge < -0.3 is 10.1 Å². The standard InChI is InChI=1S/C12H10F2N6O2/c13-11(14)22-7-2-1-6(15-4-7)3-16-12-18-9-8(5-17-20-9)10(21)19-12/h1-2,4-5,11H,3H2,(H3,16,17,18,19,20,21). The number of nitrogens with zero attached hydrogens (tertiary/aromatic N) is 3. The minimum Gasteiger partial charge on any atom is -0.433 e. The number of alkyl halides is 2. The Morgan fingerprint density at radius 3 is 2.91 bits per heavy atom. The molecule has 0 bridgehead atoms. The lowest BCUT2D eigenvalue weighted by Gasteiger charge is -2.06. The molecule has 0 aromatic carbocycles. The van der Waals surface area contributed by atoms with Gasteiger partial charge in [-0.05, 0) is 12.1 Å². The maximum absolute atomic E-state index is 12.0. The maximum Gasteiger partial charge on any atom is 0.387 e. The van der Waals surface area contributed by atoms with E-state index in [-0.39, 0.29) is 23.8 Å². The monoisotopic (exact) mass is 308 g/mol. The van der Waals surface area contributed by atoms with E-state index in [2.05, 4.69) is 35.2 Å². The van der Waals surface area contributed by atoms with Crippen LogP contribution >= 0.6 is 0 Å². The second kappa shape index (κ2) is 5.76. The van der Waals surface area contributed by atoms with Gasteiger partial charge in [-0.3, -0.25) is 19.9 Å². The van der Waals surface area contributed by atoms with Crippen molar-refractivity contribution in [3.63, 3.8) is 0 Å². The first-order valence-electron chi connectivity index (χ1n) is 6.19. The van der Waals surface area contributed by atoms with Crippen LogP contribution < -0.4 is 15.6 Å². The lowest BCUT2D eigenvalue weighted by atomic mass is 10.3. The summed E-state index contributed by atoms with van der Waals surface area (Å²) in [6, 6.07) is 2.90. The summed E-state index contributed by atoms with van der Waals surface area (Å²) in [5.41, 5.74) is 0.601. The fourth-order valence-corrected chi connectivity index (χ4v) is 1.79. The molecule has 22 heavy (non-hydrogen) atoms. The number of ether oxygens (including phenoxy) is 1. The van der Waals surface area contributed by atoms with Crippen LogP contribution in [0.25, 0.3) is 11.0 Å². The summed E-state index contributed by atoms with van der Waals surface area (Å²) in [7, 11) is 0. The number of aromatic amines is 2. The lowest BCUT2D eigenvalue weighted by Crippen LogP contribution is -2.13. The fourth-order valence-electron chi connectivity index (χ4n) is 1.79. The number of rotatable bonds is 5. The van der Waals surface area contributed by atoms with Crippen molar-refractivity contribution in [2.24, 2.45) is 0 Å². The first kappa shape index (κ1) is 13.9. The van der Waals surface area contributed by atoms with Gasteiger partial charge in [0.25, 0.3) is 5.56 Å². The molecule has 0 saturated heterocycles. The number of H-pyrrole nitrogens is 2. The lowest BCUT2D eigenvalue weighted by molar-refractivity contribution is -0.0500. The Labute approximate surface area is 121 Å². The van der Waals surface area contributed by atoms with Crippen molar-refractivity contribution in [3.8, 4) is 5.75 Å². The van der Waals surface area contributed by atoms with Crippen LogP contribution in [0.1, 0.15) is 5.69 Å². The highest BCUT2D eigenvalue weighted by molar-refractivity contribution is 5.73. The SMILES string of the molecule is O=c1[nH]c(NCc2ccc(OC(F)F)cn2)nc2[nH]ncc12. The normalized spacial score (nSPS) is 11.0. The van der Waals surface area contributed by atoms with E-state index < -0.39 is 6.61 Å². The highest BCUT2D eigenvalue weighted by atomic mass is 19.3. The van der Waals surface area contributed by atoms with Gasteiger partial charge in [0.05, 0.1) is 24.6 Å². The zero-order valence-electron chi connectivity index (χ0n) is 11.0. The van der Waals surface area contributed by atoms with Crippen molar-refractivity contribution < 1.29 is 13.5 Å². The van der Waals surface area contributed by atoms with Crippen LogP contribution in [0, 0.1) is 0 Å². The molecule has 114 valence electrons. The van der Waals surface area contributed by atoms with Gasteiger partial charge in [-0.25, -0.2) is 0 Å². The van der Waals surface area contributed by atoms with Gasteiger partial charge in [0.2, 0.25) is 5.95 Å². The average molecular weight is 308 g/mol. The number of pyridine rings is 1. The number of hydrogen-bond acceptors (Lipinski definition) is 6. The maximum atomic E-state index is 12.0. The van der Waals surface area contributed by atoms with Crippen LogP contribution in [-0.4, -0.2) is 31.8 Å². The van der Waals surface area contributed by atoms with E-state index in [9.17, 15) is 13.6 Å². The molecule has 3 rings (SSSR count). The highest BCUT2D eigenvalue weighted by Gasteiger charge is 2.06. The van der Waals surface area contributed by atoms with Gasteiger partial charge >= 0.3 is 6.61 Å². The summed E-state index contributed by atoms with van der Waals surface area (Å²) in [5, 5.41) is 9.57. The number of anilines is 1. The number of halogens is 2. The van der Waals surface area contributed by atoms with E-state index in [1.807, 2.05) is 0 Å². The largest absolute Gasteiger partial charge is 0.433 e.